The molecule has 1 heterocycles. The van der Waals surface area contributed by atoms with Crippen molar-refractivity contribution in [3.8, 4) is 5.75 Å². The number of carbonyl (C=O) groups is 2. The van der Waals surface area contributed by atoms with Crippen molar-refractivity contribution in [2.45, 2.75) is 38.6 Å². The fourth-order valence-corrected chi connectivity index (χ4v) is 2.44. The Hall–Kier alpha value is -2.51. The molecule has 0 aliphatic carbocycles. The van der Waals surface area contributed by atoms with E-state index in [1.165, 1.54) is 18.2 Å². The molecule has 0 spiro atoms. The van der Waals surface area contributed by atoms with Gasteiger partial charge in [0.05, 0.1) is 6.10 Å². The lowest BCUT2D eigenvalue weighted by Crippen LogP contribution is -2.32. The van der Waals surface area contributed by atoms with Crippen LogP contribution in [0.15, 0.2) is 30.4 Å². The van der Waals surface area contributed by atoms with E-state index in [0.29, 0.717) is 0 Å². The number of phenolic OH excluding ortho intramolecular Hbond substituents is 1. The monoisotopic (exact) mass is 364 g/mol. The summed E-state index contributed by atoms with van der Waals surface area (Å²) in [6, 6.07) is 2.05. The van der Waals surface area contributed by atoms with Crippen LogP contribution in [0.4, 0.5) is 4.39 Å². The number of fused-ring (bicyclic) bond motifs is 1. The molecule has 0 fully saturated rings. The maximum Gasteiger partial charge on any atom is 0.342 e. The quantitative estimate of drug-likeness (QED) is 0.608. The first-order valence-electron chi connectivity index (χ1n) is 8.19. The van der Waals surface area contributed by atoms with Gasteiger partial charge in [0, 0.05) is 11.5 Å². The van der Waals surface area contributed by atoms with Gasteiger partial charge in [-0.15, -0.1) is 0 Å². The molecule has 0 saturated carbocycles. The first kappa shape index (κ1) is 19.8. The lowest BCUT2D eigenvalue weighted by Gasteiger charge is -2.20. The number of esters is 1. The molecule has 7 heteroatoms. The number of carbonyl (C=O) groups excluding carboxylic acids is 2. The summed E-state index contributed by atoms with van der Waals surface area (Å²) in [4.78, 5) is 24.3. The van der Waals surface area contributed by atoms with Crippen LogP contribution in [0.3, 0.4) is 0 Å². The molecule has 6 nitrogen and oxygen atoms in total. The van der Waals surface area contributed by atoms with Crippen molar-refractivity contribution < 1.29 is 34.0 Å². The van der Waals surface area contributed by atoms with Crippen LogP contribution in [0.5, 0.6) is 5.75 Å². The van der Waals surface area contributed by atoms with Crippen LogP contribution in [-0.2, 0) is 9.53 Å². The van der Waals surface area contributed by atoms with Gasteiger partial charge in [0.15, 0.2) is 5.78 Å². The molecule has 2 rings (SSSR count). The van der Waals surface area contributed by atoms with Gasteiger partial charge in [-0.2, -0.15) is 0 Å². The Morgan fingerprint density at radius 2 is 1.85 bits per heavy atom. The topological polar surface area (TPSA) is 104 Å². The molecule has 1 aromatic rings. The zero-order valence-electron chi connectivity index (χ0n) is 14.4. The van der Waals surface area contributed by atoms with Gasteiger partial charge in [0.1, 0.15) is 29.3 Å². The van der Waals surface area contributed by atoms with Crippen molar-refractivity contribution in [2.24, 2.45) is 5.92 Å². The number of ketones is 1. The summed E-state index contributed by atoms with van der Waals surface area (Å²) in [5.74, 6) is -3.18. The van der Waals surface area contributed by atoms with Gasteiger partial charge in [0.25, 0.3) is 0 Å². The molecule has 1 aliphatic rings. The number of hydrogen-bond acceptors (Lipinski definition) is 6. The largest absolute Gasteiger partial charge is 0.507 e. The van der Waals surface area contributed by atoms with E-state index >= 15 is 0 Å². The highest BCUT2D eigenvalue weighted by molar-refractivity contribution is 5.97. The molecular weight excluding hydrogens is 343 g/mol. The van der Waals surface area contributed by atoms with Crippen LogP contribution in [0, 0.1) is 11.7 Å². The minimum atomic E-state index is -1.63. The van der Waals surface area contributed by atoms with Gasteiger partial charge in [-0.05, 0) is 31.6 Å². The van der Waals surface area contributed by atoms with E-state index in [2.05, 4.69) is 0 Å². The van der Waals surface area contributed by atoms with E-state index in [0.717, 1.165) is 18.2 Å². The number of cyclic esters (lactones) is 1. The lowest BCUT2D eigenvalue weighted by atomic mass is 9.99. The number of aromatic hydroxyl groups is 1. The summed E-state index contributed by atoms with van der Waals surface area (Å²) in [5.41, 5.74) is -0.525. The number of phenols is 1. The Bertz CT molecular complexity index is 755. The molecule has 3 N–H and O–H groups in total. The maximum absolute atomic E-state index is 14.2. The predicted octanol–water partition coefficient (Wildman–Crippen LogP) is 1.98. The average Bonchev–Trinajstić information content (AvgIpc) is 2.60. The van der Waals surface area contributed by atoms with Gasteiger partial charge < -0.3 is 20.1 Å². The van der Waals surface area contributed by atoms with Gasteiger partial charge in [-0.3, -0.25) is 4.79 Å². The van der Waals surface area contributed by atoms with Gasteiger partial charge in [-0.1, -0.05) is 25.2 Å². The van der Waals surface area contributed by atoms with E-state index in [4.69, 9.17) is 4.74 Å². The lowest BCUT2D eigenvalue weighted by molar-refractivity contribution is -0.127. The minimum Gasteiger partial charge on any atom is -0.507 e. The van der Waals surface area contributed by atoms with Gasteiger partial charge >= 0.3 is 5.97 Å². The molecule has 0 radical (unpaired) electrons. The molecule has 0 amide bonds. The first-order valence-corrected chi connectivity index (χ1v) is 8.19. The summed E-state index contributed by atoms with van der Waals surface area (Å²) < 4.78 is 19.4. The van der Waals surface area contributed by atoms with Crippen LogP contribution >= 0.6 is 0 Å². The van der Waals surface area contributed by atoms with Crippen molar-refractivity contribution in [1.82, 2.24) is 0 Å². The fourth-order valence-electron chi connectivity index (χ4n) is 2.44. The second-order valence-corrected chi connectivity index (χ2v) is 6.24. The molecule has 0 aromatic heterocycles. The van der Waals surface area contributed by atoms with E-state index in [1.807, 2.05) is 0 Å². The van der Waals surface area contributed by atoms with Crippen LogP contribution < -0.4 is 0 Å². The predicted molar refractivity (Wildman–Crippen MR) is 91.9 cm³/mol. The number of aliphatic hydroxyl groups is 2. The normalized spacial score (nSPS) is 30.0. The van der Waals surface area contributed by atoms with Crippen molar-refractivity contribution in [2.75, 3.05) is 0 Å². The molecule has 140 valence electrons. The first-order chi connectivity index (χ1) is 12.2. The van der Waals surface area contributed by atoms with E-state index < -0.39 is 47.5 Å². The molecule has 0 bridgehead atoms. The number of benzene rings is 1. The van der Waals surface area contributed by atoms with E-state index in [1.54, 1.807) is 13.8 Å². The Morgan fingerprint density at radius 1 is 1.15 bits per heavy atom. The second kappa shape index (κ2) is 8.25. The third-order valence-corrected chi connectivity index (χ3v) is 4.29. The van der Waals surface area contributed by atoms with Gasteiger partial charge in [-0.25, -0.2) is 9.18 Å². The smallest absolute Gasteiger partial charge is 0.342 e. The number of ether oxygens (including phenoxy) is 1. The Kier molecular flexibility index (Phi) is 6.28. The van der Waals surface area contributed by atoms with E-state index in [9.17, 15) is 29.3 Å². The summed E-state index contributed by atoms with van der Waals surface area (Å²) in [5, 5.41) is 29.8. The standard InChI is InChI=1S/C19H21FO6/c1-10-6-8-16(23)18(24)15(22)5-3-4-12-13(20)7-9-14(21)17(12)19(25)26-11(10)2/h3-4,6-11,15,18,21-22,24H,5H2,1-2H3/b4-3+,8-6-/t10?,11-,15-,18?/m0/s1. The number of hydrogen-bond donors (Lipinski definition) is 3. The third kappa shape index (κ3) is 4.36. The maximum atomic E-state index is 14.2. The highest BCUT2D eigenvalue weighted by Crippen LogP contribution is 2.27. The SMILES string of the molecule is CC1/C=C\C(=O)C(O)[C@@H](O)C/C=C/c2c(F)ccc(O)c2C(=O)O[C@H]1C. The van der Waals surface area contributed by atoms with Crippen molar-refractivity contribution in [1.29, 1.82) is 0 Å². The van der Waals surface area contributed by atoms with Crippen molar-refractivity contribution in [3.63, 3.8) is 0 Å². The summed E-state index contributed by atoms with van der Waals surface area (Å²) in [6.07, 6.45) is 1.21. The zero-order valence-corrected chi connectivity index (χ0v) is 14.4. The summed E-state index contributed by atoms with van der Waals surface area (Å²) in [7, 11) is 0. The van der Waals surface area contributed by atoms with Crippen LogP contribution in [0.1, 0.15) is 36.2 Å². The molecule has 26 heavy (non-hydrogen) atoms. The minimum absolute atomic E-state index is 0.156. The molecule has 4 atom stereocenters. The Labute approximate surface area is 150 Å². The van der Waals surface area contributed by atoms with Crippen LogP contribution in [0.2, 0.25) is 0 Å². The van der Waals surface area contributed by atoms with Crippen molar-refractivity contribution >= 4 is 17.8 Å². The Balaban J connectivity index is 2.50. The highest BCUT2D eigenvalue weighted by atomic mass is 19.1. The van der Waals surface area contributed by atoms with E-state index in [-0.39, 0.29) is 17.5 Å². The third-order valence-electron chi connectivity index (χ3n) is 4.29. The number of aliphatic hydroxyl groups excluding tert-OH is 2. The van der Waals surface area contributed by atoms with Crippen LogP contribution in [-0.4, -0.2) is 45.4 Å². The highest BCUT2D eigenvalue weighted by Gasteiger charge is 2.25. The molecule has 2 unspecified atom stereocenters. The molecule has 0 saturated heterocycles. The second-order valence-electron chi connectivity index (χ2n) is 6.24. The van der Waals surface area contributed by atoms with Crippen LogP contribution in [0.25, 0.3) is 6.08 Å². The zero-order chi connectivity index (χ0) is 19.4. The number of rotatable bonds is 0. The molecule has 1 aromatic carbocycles. The fraction of sp³-hybridized carbons (Fsp3) is 0.368. The molecular formula is C19H21FO6. The average molecular weight is 364 g/mol. The van der Waals surface area contributed by atoms with Gasteiger partial charge in [0.2, 0.25) is 0 Å². The number of halogens is 1. The Morgan fingerprint density at radius 3 is 2.54 bits per heavy atom. The molecule has 1 aliphatic heterocycles. The summed E-state index contributed by atoms with van der Waals surface area (Å²) in [6.45, 7) is 3.27. The summed E-state index contributed by atoms with van der Waals surface area (Å²) >= 11 is 0. The van der Waals surface area contributed by atoms with Crippen molar-refractivity contribution in [3.05, 3.63) is 47.3 Å².